The van der Waals surface area contributed by atoms with Crippen molar-refractivity contribution in [2.75, 3.05) is 26.7 Å². The van der Waals surface area contributed by atoms with Crippen molar-refractivity contribution < 1.29 is 4.74 Å². The highest BCUT2D eigenvalue weighted by Gasteiger charge is 2.26. The minimum absolute atomic E-state index is 0.536. The summed E-state index contributed by atoms with van der Waals surface area (Å²) < 4.78 is 7.61. The molecule has 4 rings (SSSR count). The molecule has 0 aliphatic carbocycles. The van der Waals surface area contributed by atoms with Crippen molar-refractivity contribution in [2.24, 2.45) is 5.73 Å². The Kier molecular flexibility index (Phi) is 5.12. The Bertz CT molecular complexity index is 978. The van der Waals surface area contributed by atoms with Gasteiger partial charge in [0.05, 0.1) is 19.2 Å². The maximum Gasteiger partial charge on any atom is 0.119 e. The van der Waals surface area contributed by atoms with Gasteiger partial charge < -0.3 is 15.4 Å². The van der Waals surface area contributed by atoms with Crippen molar-refractivity contribution in [2.45, 2.75) is 36.7 Å². The van der Waals surface area contributed by atoms with E-state index in [1.165, 1.54) is 26.3 Å². The van der Waals surface area contributed by atoms with Gasteiger partial charge >= 0.3 is 0 Å². The Morgan fingerprint density at radius 2 is 2.00 bits per heavy atom. The first-order valence-electron chi connectivity index (χ1n) is 9.51. The number of ether oxygens (including phenoxy) is 1. The third kappa shape index (κ3) is 3.12. The molecule has 1 aliphatic rings. The third-order valence-electron chi connectivity index (χ3n) is 5.35. The highest BCUT2D eigenvalue weighted by Crippen LogP contribution is 2.49. The zero-order valence-electron chi connectivity index (χ0n) is 16.2. The lowest BCUT2D eigenvalue weighted by Crippen LogP contribution is -2.27. The minimum Gasteiger partial charge on any atom is -0.497 e. The van der Waals surface area contributed by atoms with Crippen LogP contribution in [0.2, 0.25) is 0 Å². The molecule has 1 aromatic heterocycles. The monoisotopic (exact) mass is 382 g/mol. The fourth-order valence-corrected chi connectivity index (χ4v) is 4.92. The summed E-state index contributed by atoms with van der Waals surface area (Å²) in [7, 11) is 1.70. The van der Waals surface area contributed by atoms with E-state index in [0.29, 0.717) is 6.54 Å². The molecule has 2 heterocycles. The van der Waals surface area contributed by atoms with Crippen LogP contribution in [0.3, 0.4) is 0 Å². The van der Waals surface area contributed by atoms with Crippen LogP contribution in [0.25, 0.3) is 22.2 Å². The molecule has 5 nitrogen and oxygen atoms in total. The number of hydrogen-bond donors (Lipinski definition) is 1. The molecular formula is C21H26N4OS. The van der Waals surface area contributed by atoms with Gasteiger partial charge in [0, 0.05) is 33.8 Å². The smallest absolute Gasteiger partial charge is 0.119 e. The van der Waals surface area contributed by atoms with Crippen molar-refractivity contribution in [1.29, 1.82) is 0 Å². The van der Waals surface area contributed by atoms with Crippen LogP contribution in [0.1, 0.15) is 19.4 Å². The molecule has 0 fully saturated rings. The zero-order chi connectivity index (χ0) is 19.0. The number of rotatable bonds is 7. The number of nitrogens with zero attached hydrogens (tertiary/aromatic N) is 3. The number of nitrogens with two attached hydrogens (primary N) is 1. The topological polar surface area (TPSA) is 56.3 Å². The summed E-state index contributed by atoms with van der Waals surface area (Å²) in [5.74, 6) is 0.860. The standard InChI is InChI=1S/C21H26N4OS/c1-4-24(5-2)10-11-25-17-8-6-14(13-22)21-19(17)20(23-25)16-12-15(26-3)7-9-18(16)27-21/h6-9,12H,4-5,10-11,13,22H2,1-3H3. The van der Waals surface area contributed by atoms with Gasteiger partial charge in [-0.2, -0.15) is 5.10 Å². The second-order valence-corrected chi connectivity index (χ2v) is 7.77. The lowest BCUT2D eigenvalue weighted by Gasteiger charge is -2.18. The van der Waals surface area contributed by atoms with Crippen LogP contribution in [0.5, 0.6) is 5.75 Å². The largest absolute Gasteiger partial charge is 0.497 e. The summed E-state index contributed by atoms with van der Waals surface area (Å²) in [4.78, 5) is 4.88. The van der Waals surface area contributed by atoms with E-state index in [9.17, 15) is 0 Å². The Morgan fingerprint density at radius 1 is 1.19 bits per heavy atom. The van der Waals surface area contributed by atoms with Crippen LogP contribution in [0, 0.1) is 0 Å². The van der Waals surface area contributed by atoms with Gasteiger partial charge in [0.25, 0.3) is 0 Å². The average molecular weight is 383 g/mol. The van der Waals surface area contributed by atoms with E-state index >= 15 is 0 Å². The first-order chi connectivity index (χ1) is 13.2. The molecule has 6 heteroatoms. The van der Waals surface area contributed by atoms with E-state index in [-0.39, 0.29) is 0 Å². The molecule has 142 valence electrons. The molecule has 0 saturated carbocycles. The van der Waals surface area contributed by atoms with Crippen molar-refractivity contribution in [3.05, 3.63) is 35.9 Å². The van der Waals surface area contributed by atoms with Crippen LogP contribution in [-0.2, 0) is 13.1 Å². The predicted molar refractivity (Wildman–Crippen MR) is 112 cm³/mol. The van der Waals surface area contributed by atoms with Crippen LogP contribution in [-0.4, -0.2) is 41.4 Å². The molecule has 0 unspecified atom stereocenters. The molecule has 1 aliphatic heterocycles. The molecule has 0 radical (unpaired) electrons. The first-order valence-corrected chi connectivity index (χ1v) is 10.3. The van der Waals surface area contributed by atoms with Crippen LogP contribution >= 0.6 is 11.8 Å². The van der Waals surface area contributed by atoms with Crippen molar-refractivity contribution in [3.63, 3.8) is 0 Å². The summed E-state index contributed by atoms with van der Waals surface area (Å²) in [6.07, 6.45) is 0. The first kappa shape index (κ1) is 18.3. The molecule has 0 saturated heterocycles. The Balaban J connectivity index is 1.86. The molecule has 3 aromatic rings. The number of likely N-dealkylation sites (N-methyl/N-ethyl adjacent to an activating group) is 1. The maximum atomic E-state index is 6.03. The zero-order valence-corrected chi connectivity index (χ0v) is 17.0. The van der Waals surface area contributed by atoms with Gasteiger partial charge in [-0.25, -0.2) is 0 Å². The SMILES string of the molecule is CCN(CC)CCn1nc2c3c(c(CN)ccc31)Sc1ccc(OC)cc1-2. The lowest BCUT2D eigenvalue weighted by molar-refractivity contribution is 0.287. The molecule has 27 heavy (non-hydrogen) atoms. The molecule has 2 aromatic carbocycles. The van der Waals surface area contributed by atoms with E-state index in [2.05, 4.69) is 47.7 Å². The van der Waals surface area contributed by atoms with Gasteiger partial charge in [0.2, 0.25) is 0 Å². The highest BCUT2D eigenvalue weighted by molar-refractivity contribution is 7.99. The van der Waals surface area contributed by atoms with E-state index in [1.807, 2.05) is 6.07 Å². The lowest BCUT2D eigenvalue weighted by atomic mass is 10.0. The second kappa shape index (κ2) is 7.54. The van der Waals surface area contributed by atoms with Gasteiger partial charge in [0.15, 0.2) is 0 Å². The van der Waals surface area contributed by atoms with Crippen molar-refractivity contribution in [1.82, 2.24) is 14.7 Å². The van der Waals surface area contributed by atoms with E-state index in [1.54, 1.807) is 18.9 Å². The average Bonchev–Trinajstić information content (AvgIpc) is 3.09. The van der Waals surface area contributed by atoms with Gasteiger partial charge in [-0.1, -0.05) is 31.7 Å². The molecular weight excluding hydrogens is 356 g/mol. The second-order valence-electron chi connectivity index (χ2n) is 6.71. The van der Waals surface area contributed by atoms with Crippen molar-refractivity contribution >= 4 is 22.7 Å². The van der Waals surface area contributed by atoms with Gasteiger partial charge in [-0.15, -0.1) is 0 Å². The number of hydrogen-bond acceptors (Lipinski definition) is 5. The van der Waals surface area contributed by atoms with E-state index < -0.39 is 0 Å². The summed E-state index contributed by atoms with van der Waals surface area (Å²) in [6.45, 7) is 8.93. The maximum absolute atomic E-state index is 6.03. The summed E-state index contributed by atoms with van der Waals surface area (Å²) in [6, 6.07) is 10.5. The van der Waals surface area contributed by atoms with Crippen molar-refractivity contribution in [3.8, 4) is 17.0 Å². The molecule has 0 atom stereocenters. The van der Waals surface area contributed by atoms with Crippen LogP contribution in [0.15, 0.2) is 40.1 Å². The molecule has 2 N–H and O–H groups in total. The number of fused-ring (bicyclic) bond motifs is 2. The Morgan fingerprint density at radius 3 is 2.70 bits per heavy atom. The van der Waals surface area contributed by atoms with Crippen LogP contribution in [0.4, 0.5) is 0 Å². The highest BCUT2D eigenvalue weighted by atomic mass is 32.2. The molecule has 0 spiro atoms. The number of benzene rings is 2. The van der Waals surface area contributed by atoms with E-state index in [4.69, 9.17) is 15.6 Å². The predicted octanol–water partition coefficient (Wildman–Crippen LogP) is 3.98. The Labute approximate surface area is 164 Å². The third-order valence-corrected chi connectivity index (χ3v) is 6.60. The Hall–Kier alpha value is -2.02. The minimum atomic E-state index is 0.536. The summed E-state index contributed by atoms with van der Waals surface area (Å²) in [5.41, 5.74) is 10.6. The van der Waals surface area contributed by atoms with Crippen LogP contribution < -0.4 is 10.5 Å². The molecule has 0 bridgehead atoms. The molecule has 0 amide bonds. The normalized spacial score (nSPS) is 12.6. The van der Waals surface area contributed by atoms with Gasteiger partial charge in [-0.3, -0.25) is 4.68 Å². The summed E-state index contributed by atoms with van der Waals surface area (Å²) in [5, 5.41) is 6.26. The summed E-state index contributed by atoms with van der Waals surface area (Å²) >= 11 is 1.79. The van der Waals surface area contributed by atoms with Gasteiger partial charge in [-0.05, 0) is 42.9 Å². The number of methoxy groups -OCH3 is 1. The number of aromatic nitrogens is 2. The van der Waals surface area contributed by atoms with Gasteiger partial charge in [0.1, 0.15) is 11.4 Å². The van der Waals surface area contributed by atoms with E-state index in [0.717, 1.165) is 43.2 Å². The fourth-order valence-electron chi connectivity index (χ4n) is 3.72. The quantitative estimate of drug-likeness (QED) is 0.524. The fraction of sp³-hybridized carbons (Fsp3) is 0.381.